The van der Waals surface area contributed by atoms with Crippen LogP contribution in [0.1, 0.15) is 12.5 Å². The first kappa shape index (κ1) is 14.5. The number of rotatable bonds is 5. The van der Waals surface area contributed by atoms with Gasteiger partial charge in [-0.3, -0.25) is 0 Å². The van der Waals surface area contributed by atoms with Crippen LogP contribution in [0.4, 0.5) is 17.6 Å². The Balaban J connectivity index is 2.29. The number of benzene rings is 1. The molecule has 0 aliphatic carbocycles. The second-order valence-electron chi connectivity index (χ2n) is 4.14. The van der Waals surface area contributed by atoms with Crippen LogP contribution in [0.15, 0.2) is 22.7 Å². The Kier molecular flexibility index (Phi) is 4.73. The Morgan fingerprint density at radius 1 is 1.15 bits per heavy atom. The summed E-state index contributed by atoms with van der Waals surface area (Å²) in [6, 6.07) is 6.26. The quantitative estimate of drug-likeness (QED) is 0.873. The molecule has 0 amide bonds. The lowest BCUT2D eigenvalue weighted by Gasteiger charge is -2.09. The molecule has 0 atom stereocenters. The van der Waals surface area contributed by atoms with E-state index in [4.69, 9.17) is 4.74 Å². The summed E-state index contributed by atoms with van der Waals surface area (Å²) in [6.45, 7) is 4.72. The molecular weight excluding hydrogens is 322 g/mol. The number of aryl methyl sites for hydroxylation is 1. The molecule has 0 saturated carbocycles. The minimum atomic E-state index is 0.269. The number of ether oxygens (including phenoxy) is 1. The van der Waals surface area contributed by atoms with Crippen molar-refractivity contribution in [3.63, 3.8) is 0 Å². The number of nitrogens with zero attached hydrogens (tertiary/aromatic N) is 3. The summed E-state index contributed by atoms with van der Waals surface area (Å²) in [4.78, 5) is 12.6. The number of halogens is 1. The third-order valence-corrected chi connectivity index (χ3v) is 2.89. The molecule has 1 heterocycles. The van der Waals surface area contributed by atoms with Crippen molar-refractivity contribution in [2.45, 2.75) is 13.8 Å². The van der Waals surface area contributed by atoms with Crippen LogP contribution >= 0.6 is 15.9 Å². The number of hydrogen-bond acceptors (Lipinski definition) is 6. The molecule has 7 heteroatoms. The number of anilines is 3. The molecule has 0 fully saturated rings. The van der Waals surface area contributed by atoms with Gasteiger partial charge in [-0.1, -0.05) is 15.9 Å². The average Bonchev–Trinajstić information content (AvgIpc) is 2.37. The summed E-state index contributed by atoms with van der Waals surface area (Å²) in [5, 5.41) is 6.19. The normalized spacial score (nSPS) is 10.2. The molecule has 6 nitrogen and oxygen atoms in total. The van der Waals surface area contributed by atoms with Crippen LogP contribution in [0.5, 0.6) is 6.01 Å². The van der Waals surface area contributed by atoms with Crippen molar-refractivity contribution in [1.82, 2.24) is 15.0 Å². The number of aromatic nitrogens is 3. The van der Waals surface area contributed by atoms with Gasteiger partial charge in [0.25, 0.3) is 0 Å². The van der Waals surface area contributed by atoms with Gasteiger partial charge in [0.15, 0.2) is 0 Å². The van der Waals surface area contributed by atoms with Crippen molar-refractivity contribution in [3.05, 3.63) is 28.2 Å². The molecule has 2 aromatic rings. The fourth-order valence-corrected chi connectivity index (χ4v) is 2.29. The lowest BCUT2D eigenvalue weighted by Crippen LogP contribution is -2.07. The van der Waals surface area contributed by atoms with Crippen molar-refractivity contribution in [2.75, 3.05) is 24.3 Å². The number of hydrogen-bond donors (Lipinski definition) is 2. The SMILES string of the molecule is CCNc1nc(Nc2cc(C)cc(Br)c2)nc(OC)n1. The molecule has 2 N–H and O–H groups in total. The van der Waals surface area contributed by atoms with Crippen LogP contribution in [-0.4, -0.2) is 28.6 Å². The van der Waals surface area contributed by atoms with Crippen LogP contribution in [0.3, 0.4) is 0 Å². The molecule has 106 valence electrons. The van der Waals surface area contributed by atoms with Gasteiger partial charge in [0.05, 0.1) is 7.11 Å². The fourth-order valence-electron chi connectivity index (χ4n) is 1.68. The summed E-state index contributed by atoms with van der Waals surface area (Å²) >= 11 is 3.46. The Morgan fingerprint density at radius 3 is 2.55 bits per heavy atom. The maximum atomic E-state index is 5.08. The van der Waals surface area contributed by atoms with E-state index < -0.39 is 0 Å². The largest absolute Gasteiger partial charge is 0.467 e. The van der Waals surface area contributed by atoms with E-state index in [-0.39, 0.29) is 6.01 Å². The number of methoxy groups -OCH3 is 1. The van der Waals surface area contributed by atoms with Gasteiger partial charge in [-0.05, 0) is 37.6 Å². The van der Waals surface area contributed by atoms with E-state index in [9.17, 15) is 0 Å². The van der Waals surface area contributed by atoms with Crippen LogP contribution < -0.4 is 15.4 Å². The lowest BCUT2D eigenvalue weighted by molar-refractivity contribution is 0.379. The molecule has 0 unspecified atom stereocenters. The van der Waals surface area contributed by atoms with E-state index in [2.05, 4.69) is 41.5 Å². The molecule has 0 radical (unpaired) electrons. The van der Waals surface area contributed by atoms with Crippen LogP contribution in [-0.2, 0) is 0 Å². The predicted molar refractivity (Wildman–Crippen MR) is 82.7 cm³/mol. The molecule has 0 spiro atoms. The molecule has 1 aromatic heterocycles. The van der Waals surface area contributed by atoms with Gasteiger partial charge in [0, 0.05) is 16.7 Å². The van der Waals surface area contributed by atoms with E-state index >= 15 is 0 Å². The Labute approximate surface area is 126 Å². The van der Waals surface area contributed by atoms with Gasteiger partial charge in [0.1, 0.15) is 0 Å². The van der Waals surface area contributed by atoms with E-state index in [1.165, 1.54) is 7.11 Å². The van der Waals surface area contributed by atoms with Crippen molar-refractivity contribution >= 4 is 33.5 Å². The molecule has 1 aromatic carbocycles. The highest BCUT2D eigenvalue weighted by atomic mass is 79.9. The lowest BCUT2D eigenvalue weighted by atomic mass is 10.2. The smallest absolute Gasteiger partial charge is 0.322 e. The Bertz CT molecular complexity index is 585. The third kappa shape index (κ3) is 3.80. The van der Waals surface area contributed by atoms with Crippen LogP contribution in [0.2, 0.25) is 0 Å². The van der Waals surface area contributed by atoms with Gasteiger partial charge in [-0.15, -0.1) is 0 Å². The standard InChI is InChI=1S/C13H16BrN5O/c1-4-15-11-17-12(19-13(18-11)20-3)16-10-6-8(2)5-9(14)7-10/h5-7H,4H2,1-3H3,(H2,15,16,17,18,19). The average molecular weight is 338 g/mol. The van der Waals surface area contributed by atoms with E-state index in [0.717, 1.165) is 22.3 Å². The zero-order valence-corrected chi connectivity index (χ0v) is 13.2. The first-order chi connectivity index (χ1) is 9.60. The minimum Gasteiger partial charge on any atom is -0.467 e. The third-order valence-electron chi connectivity index (χ3n) is 2.43. The van der Waals surface area contributed by atoms with Crippen molar-refractivity contribution in [3.8, 4) is 6.01 Å². The summed E-state index contributed by atoms with van der Waals surface area (Å²) in [6.07, 6.45) is 0. The van der Waals surface area contributed by atoms with Gasteiger partial charge in [0.2, 0.25) is 11.9 Å². The summed E-state index contributed by atoms with van der Waals surface area (Å²) in [5.41, 5.74) is 2.03. The van der Waals surface area contributed by atoms with Crippen molar-refractivity contribution in [2.24, 2.45) is 0 Å². The molecule has 0 saturated heterocycles. The van der Waals surface area contributed by atoms with Gasteiger partial charge in [-0.2, -0.15) is 15.0 Å². The molecule has 0 aliphatic rings. The highest BCUT2D eigenvalue weighted by molar-refractivity contribution is 9.10. The predicted octanol–water partition coefficient (Wildman–Crippen LogP) is 3.13. The Morgan fingerprint density at radius 2 is 1.90 bits per heavy atom. The first-order valence-corrected chi connectivity index (χ1v) is 6.98. The van der Waals surface area contributed by atoms with E-state index in [1.807, 2.05) is 32.0 Å². The topological polar surface area (TPSA) is 72.0 Å². The van der Waals surface area contributed by atoms with Crippen LogP contribution in [0, 0.1) is 6.92 Å². The van der Waals surface area contributed by atoms with E-state index in [0.29, 0.717) is 11.9 Å². The summed E-state index contributed by atoms with van der Waals surface area (Å²) in [7, 11) is 1.53. The summed E-state index contributed by atoms with van der Waals surface area (Å²) < 4.78 is 6.07. The maximum absolute atomic E-state index is 5.08. The van der Waals surface area contributed by atoms with Crippen LogP contribution in [0.25, 0.3) is 0 Å². The zero-order valence-electron chi connectivity index (χ0n) is 11.6. The molecular formula is C13H16BrN5O. The molecule has 2 rings (SSSR count). The van der Waals surface area contributed by atoms with Crippen molar-refractivity contribution < 1.29 is 4.74 Å². The number of nitrogens with one attached hydrogen (secondary N) is 2. The molecule has 0 aliphatic heterocycles. The second-order valence-corrected chi connectivity index (χ2v) is 5.06. The zero-order chi connectivity index (χ0) is 14.5. The van der Waals surface area contributed by atoms with E-state index in [1.54, 1.807) is 0 Å². The van der Waals surface area contributed by atoms with Gasteiger partial charge in [-0.25, -0.2) is 0 Å². The van der Waals surface area contributed by atoms with Crippen molar-refractivity contribution in [1.29, 1.82) is 0 Å². The van der Waals surface area contributed by atoms with Gasteiger partial charge < -0.3 is 15.4 Å². The van der Waals surface area contributed by atoms with Gasteiger partial charge >= 0.3 is 6.01 Å². The fraction of sp³-hybridized carbons (Fsp3) is 0.308. The monoisotopic (exact) mass is 337 g/mol. The maximum Gasteiger partial charge on any atom is 0.322 e. The molecule has 0 bridgehead atoms. The molecule has 20 heavy (non-hydrogen) atoms. The minimum absolute atomic E-state index is 0.269. The highest BCUT2D eigenvalue weighted by Crippen LogP contribution is 2.22. The Hall–Kier alpha value is -1.89. The first-order valence-electron chi connectivity index (χ1n) is 6.19. The highest BCUT2D eigenvalue weighted by Gasteiger charge is 2.07. The second kappa shape index (κ2) is 6.51. The summed E-state index contributed by atoms with van der Waals surface area (Å²) in [5.74, 6) is 0.916.